The first-order valence-electron chi connectivity index (χ1n) is 16.6. The molecule has 4 bridgehead atoms. The summed E-state index contributed by atoms with van der Waals surface area (Å²) in [7, 11) is 1.52. The molecule has 2 aliphatic heterocycles. The molecule has 1 aromatic heterocycles. The van der Waals surface area contributed by atoms with Gasteiger partial charge in [0, 0.05) is 23.8 Å². The number of carbonyl (C=O) groups excluding carboxylic acids is 3. The van der Waals surface area contributed by atoms with Crippen LogP contribution in [0.5, 0.6) is 11.6 Å². The molecule has 2 aliphatic carbocycles. The number of alkyl halides is 2. The van der Waals surface area contributed by atoms with Crippen LogP contribution in [0.2, 0.25) is 0 Å². The van der Waals surface area contributed by atoms with Gasteiger partial charge in [-0.15, -0.1) is 0 Å². The van der Waals surface area contributed by atoms with Gasteiger partial charge in [0.15, 0.2) is 0 Å². The summed E-state index contributed by atoms with van der Waals surface area (Å²) in [5, 5.41) is 3.38. The topological polar surface area (TPSA) is 107 Å². The first-order chi connectivity index (χ1) is 21.8. The van der Waals surface area contributed by atoms with Crippen LogP contribution in [-0.4, -0.2) is 66.1 Å². The van der Waals surface area contributed by atoms with E-state index >= 15 is 8.78 Å². The Kier molecular flexibility index (Phi) is 8.65. The van der Waals surface area contributed by atoms with E-state index in [1.165, 1.54) is 18.1 Å². The molecular formula is C35H45F2N3O6. The van der Waals surface area contributed by atoms with Gasteiger partial charge in [-0.1, -0.05) is 34.1 Å². The third-order valence-electron chi connectivity index (χ3n) is 10.8. The third-order valence-corrected chi connectivity index (χ3v) is 10.8. The van der Waals surface area contributed by atoms with Crippen LogP contribution in [0.3, 0.4) is 0 Å². The van der Waals surface area contributed by atoms with E-state index in [-0.39, 0.29) is 42.3 Å². The maximum atomic E-state index is 16.2. The summed E-state index contributed by atoms with van der Waals surface area (Å²) in [4.78, 5) is 45.9. The molecule has 9 nitrogen and oxygen atoms in total. The number of nitrogens with one attached hydrogen (secondary N) is 1. The van der Waals surface area contributed by atoms with Crippen molar-refractivity contribution in [3.8, 4) is 11.6 Å². The molecule has 2 aromatic rings. The van der Waals surface area contributed by atoms with Crippen molar-refractivity contribution < 1.29 is 37.4 Å². The number of hydrogen-bond acceptors (Lipinski definition) is 7. The lowest BCUT2D eigenvalue weighted by Gasteiger charge is -2.36. The molecule has 1 N–H and O–H groups in total. The minimum atomic E-state index is -3.24. The average molecular weight is 642 g/mol. The second-order valence-electron chi connectivity index (χ2n) is 14.8. The van der Waals surface area contributed by atoms with Gasteiger partial charge in [-0.25, -0.2) is 18.6 Å². The van der Waals surface area contributed by atoms with Gasteiger partial charge in [0.05, 0.1) is 30.8 Å². The molecule has 11 heteroatoms. The van der Waals surface area contributed by atoms with Crippen LogP contribution in [0.4, 0.5) is 13.6 Å². The molecule has 3 heterocycles. The van der Waals surface area contributed by atoms with Gasteiger partial charge in [0.25, 0.3) is 5.92 Å². The number of fused-ring (bicyclic) bond motifs is 9. The number of carbonyl (C=O) groups is 3. The fourth-order valence-electron chi connectivity index (χ4n) is 8.21. The van der Waals surface area contributed by atoms with E-state index < -0.39 is 53.9 Å². The Balaban J connectivity index is 1.40. The Morgan fingerprint density at radius 3 is 2.57 bits per heavy atom. The number of methoxy groups -OCH3 is 1. The first kappa shape index (κ1) is 32.4. The fraction of sp³-hybridized carbons (Fsp3) is 0.657. The van der Waals surface area contributed by atoms with E-state index in [0.717, 1.165) is 19.3 Å². The van der Waals surface area contributed by atoms with Crippen LogP contribution in [0, 0.1) is 29.1 Å². The summed E-state index contributed by atoms with van der Waals surface area (Å²) in [6.45, 7) is 7.24. The van der Waals surface area contributed by atoms with Crippen molar-refractivity contribution in [1.29, 1.82) is 0 Å². The third kappa shape index (κ3) is 6.01. The van der Waals surface area contributed by atoms with Crippen LogP contribution < -0.4 is 14.8 Å². The molecule has 2 saturated carbocycles. The summed E-state index contributed by atoms with van der Waals surface area (Å²) in [6.07, 6.45) is 3.02. The Bertz CT molecular complexity index is 1490. The first-order valence-corrected chi connectivity index (χ1v) is 16.6. The highest BCUT2D eigenvalue weighted by Gasteiger charge is 2.51. The predicted molar refractivity (Wildman–Crippen MR) is 167 cm³/mol. The van der Waals surface area contributed by atoms with Gasteiger partial charge in [0.1, 0.15) is 30.3 Å². The number of amides is 2. The molecule has 8 atom stereocenters. The Morgan fingerprint density at radius 2 is 1.85 bits per heavy atom. The SMILES string of the molecule is COc1ccc2cc3c(nc2c1)O[C@H]1CN(C(=O)[C@H](C(C)(C)C)NC(=O)O[C@@H]2[C@H]4CC[C@H](C4)[C@H]2CCCCC3(F)F)[C@H](C=O)[C@@H]1C. The van der Waals surface area contributed by atoms with Gasteiger partial charge in [0.2, 0.25) is 11.8 Å². The van der Waals surface area contributed by atoms with Crippen LogP contribution in [-0.2, 0) is 20.2 Å². The van der Waals surface area contributed by atoms with E-state index in [1.54, 1.807) is 25.1 Å². The highest BCUT2D eigenvalue weighted by molar-refractivity contribution is 5.89. The number of aromatic nitrogens is 1. The molecule has 46 heavy (non-hydrogen) atoms. The second-order valence-corrected chi connectivity index (χ2v) is 14.8. The van der Waals surface area contributed by atoms with Crippen molar-refractivity contribution in [3.63, 3.8) is 0 Å². The highest BCUT2D eigenvalue weighted by atomic mass is 19.3. The van der Waals surface area contributed by atoms with Crippen molar-refractivity contribution in [2.75, 3.05) is 13.7 Å². The van der Waals surface area contributed by atoms with Gasteiger partial charge in [-0.2, -0.15) is 0 Å². The van der Waals surface area contributed by atoms with Crippen molar-refractivity contribution in [1.82, 2.24) is 15.2 Å². The maximum Gasteiger partial charge on any atom is 0.408 e. The quantitative estimate of drug-likeness (QED) is 0.386. The number of rotatable bonds is 2. The minimum Gasteiger partial charge on any atom is -0.497 e. The smallest absolute Gasteiger partial charge is 0.408 e. The molecule has 1 saturated heterocycles. The molecule has 1 aromatic carbocycles. The number of alkyl carbamates (subject to hydrolysis) is 1. The maximum absolute atomic E-state index is 16.2. The lowest BCUT2D eigenvalue weighted by atomic mass is 9.82. The second kappa shape index (κ2) is 12.3. The molecule has 250 valence electrons. The molecule has 4 aliphatic rings. The van der Waals surface area contributed by atoms with Crippen LogP contribution in [0.25, 0.3) is 10.9 Å². The standard InChI is InChI=1S/C35H45F2N3O6/c1-19-27(18-41)40-17-28(19)45-31-25(15-21-11-12-23(44-5)16-26(21)38-31)35(36,37)13-7-6-8-24-20-9-10-22(14-20)29(24)46-33(43)39-30(32(40)42)34(2,3)4/h11-12,15-16,18-20,22,24,27-30H,6-10,13-14,17H2,1-5H3,(H,39,43)/t19-,20+,22-,24+,27+,28-,29+,30+/m0/s1. The highest BCUT2D eigenvalue weighted by Crippen LogP contribution is 2.52. The van der Waals surface area contributed by atoms with E-state index in [0.29, 0.717) is 41.7 Å². The van der Waals surface area contributed by atoms with Crippen molar-refractivity contribution in [2.45, 2.75) is 103 Å². The van der Waals surface area contributed by atoms with E-state index in [4.69, 9.17) is 14.2 Å². The Labute approximate surface area is 268 Å². The van der Waals surface area contributed by atoms with Crippen LogP contribution >= 0.6 is 0 Å². The Hall–Kier alpha value is -3.50. The molecule has 6 rings (SSSR count). The largest absolute Gasteiger partial charge is 0.497 e. The van der Waals surface area contributed by atoms with E-state index in [9.17, 15) is 14.4 Å². The number of nitrogens with zero attached hydrogens (tertiary/aromatic N) is 2. The summed E-state index contributed by atoms with van der Waals surface area (Å²) in [5.74, 6) is -3.20. The predicted octanol–water partition coefficient (Wildman–Crippen LogP) is 6.26. The Morgan fingerprint density at radius 1 is 1.09 bits per heavy atom. The van der Waals surface area contributed by atoms with Crippen LogP contribution in [0.15, 0.2) is 24.3 Å². The number of halogens is 2. The van der Waals surface area contributed by atoms with Crippen molar-refractivity contribution in [3.05, 3.63) is 29.8 Å². The minimum absolute atomic E-state index is 0.0377. The summed E-state index contributed by atoms with van der Waals surface area (Å²) in [6, 6.07) is 4.61. The van der Waals surface area contributed by atoms with E-state index in [2.05, 4.69) is 10.3 Å². The van der Waals surface area contributed by atoms with Crippen molar-refractivity contribution >= 4 is 29.2 Å². The van der Waals surface area contributed by atoms with Gasteiger partial charge < -0.3 is 29.2 Å². The number of pyridine rings is 1. The average Bonchev–Trinajstić information content (AvgIpc) is 3.70. The van der Waals surface area contributed by atoms with Gasteiger partial charge >= 0.3 is 6.09 Å². The lowest BCUT2D eigenvalue weighted by Crippen LogP contribution is -2.57. The molecule has 2 amide bonds. The zero-order chi connectivity index (χ0) is 33.0. The monoisotopic (exact) mass is 641 g/mol. The zero-order valence-corrected chi connectivity index (χ0v) is 27.3. The number of hydrogen-bond donors (Lipinski definition) is 1. The van der Waals surface area contributed by atoms with Crippen LogP contribution in [0.1, 0.15) is 78.2 Å². The number of ether oxygens (including phenoxy) is 3. The summed E-state index contributed by atoms with van der Waals surface area (Å²) >= 11 is 0. The molecule has 3 fully saturated rings. The number of benzene rings is 1. The fourth-order valence-corrected chi connectivity index (χ4v) is 8.21. The van der Waals surface area contributed by atoms with Gasteiger partial charge in [-0.05, 0) is 73.5 Å². The van der Waals surface area contributed by atoms with Gasteiger partial charge in [-0.3, -0.25) is 4.79 Å². The van der Waals surface area contributed by atoms with Crippen molar-refractivity contribution in [2.24, 2.45) is 29.1 Å². The molecule has 0 radical (unpaired) electrons. The van der Waals surface area contributed by atoms with E-state index in [1.807, 2.05) is 20.8 Å². The zero-order valence-electron chi connectivity index (χ0n) is 27.3. The normalized spacial score (nSPS) is 33.2. The number of aldehydes is 1. The summed E-state index contributed by atoms with van der Waals surface area (Å²) in [5.41, 5.74) is -0.597. The molecule has 0 unspecified atom stereocenters. The molecule has 0 spiro atoms. The summed E-state index contributed by atoms with van der Waals surface area (Å²) < 4.78 is 50.0. The molecular weight excluding hydrogens is 596 g/mol. The lowest BCUT2D eigenvalue weighted by molar-refractivity contribution is -0.139.